The van der Waals surface area contributed by atoms with E-state index in [1.807, 2.05) is 0 Å². The average molecular weight is 262 g/mol. The van der Waals surface area contributed by atoms with Gasteiger partial charge in [-0.25, -0.2) is 4.39 Å². The Kier molecular flexibility index (Phi) is 3.59. The van der Waals surface area contributed by atoms with Gasteiger partial charge in [0.05, 0.1) is 11.6 Å². The highest BCUT2D eigenvalue weighted by Crippen LogP contribution is 2.39. The van der Waals surface area contributed by atoms with Crippen LogP contribution in [0.4, 0.5) is 17.6 Å². The first kappa shape index (κ1) is 13.3. The molecule has 0 spiro atoms. The highest BCUT2D eigenvalue weighted by atomic mass is 19.4. The third-order valence-electron chi connectivity index (χ3n) is 3.46. The molecule has 1 atom stereocenters. The zero-order valence-electron chi connectivity index (χ0n) is 9.60. The molecule has 0 saturated heterocycles. The van der Waals surface area contributed by atoms with Crippen molar-refractivity contribution in [1.29, 1.82) is 0 Å². The lowest BCUT2D eigenvalue weighted by molar-refractivity contribution is -0.137. The molecule has 0 radical (unpaired) electrons. The molecule has 1 aliphatic carbocycles. The summed E-state index contributed by atoms with van der Waals surface area (Å²) < 4.78 is 51.4. The van der Waals surface area contributed by atoms with Crippen molar-refractivity contribution in [3.05, 3.63) is 35.1 Å². The summed E-state index contributed by atoms with van der Waals surface area (Å²) in [6.45, 7) is 0. The van der Waals surface area contributed by atoms with Crippen LogP contribution in [-0.2, 0) is 6.18 Å². The summed E-state index contributed by atoms with van der Waals surface area (Å²) in [5, 5.41) is 0. The number of nitrogens with two attached hydrogens (primary N) is 1. The van der Waals surface area contributed by atoms with Gasteiger partial charge in [-0.05, 0) is 37.0 Å². The van der Waals surface area contributed by atoms with Crippen molar-refractivity contribution >= 4 is 0 Å². The van der Waals surface area contributed by atoms with E-state index in [4.69, 9.17) is 5.84 Å². The lowest BCUT2D eigenvalue weighted by Gasteiger charge is -2.34. The standard InChI is InChI=1S/C12H14F4N2/c13-10-5-4-8(12(14,15)16)6-9(10)11(18-17)7-2-1-3-7/h4-7,11,18H,1-3,17H2. The number of nitrogens with one attached hydrogen (secondary N) is 1. The van der Waals surface area contributed by atoms with Crippen molar-refractivity contribution in [1.82, 2.24) is 5.43 Å². The average Bonchev–Trinajstić information content (AvgIpc) is 2.22. The van der Waals surface area contributed by atoms with Gasteiger partial charge in [-0.15, -0.1) is 0 Å². The monoisotopic (exact) mass is 262 g/mol. The molecule has 0 aliphatic heterocycles. The second-order valence-corrected chi connectivity index (χ2v) is 4.57. The van der Waals surface area contributed by atoms with Crippen LogP contribution in [0.2, 0.25) is 0 Å². The Morgan fingerprint density at radius 2 is 1.94 bits per heavy atom. The maximum atomic E-state index is 13.7. The smallest absolute Gasteiger partial charge is 0.271 e. The van der Waals surface area contributed by atoms with E-state index in [9.17, 15) is 17.6 Å². The number of hydrogen-bond donors (Lipinski definition) is 2. The SMILES string of the molecule is NNC(c1cc(C(F)(F)F)ccc1F)C1CCC1. The van der Waals surface area contributed by atoms with Crippen LogP contribution < -0.4 is 11.3 Å². The van der Waals surface area contributed by atoms with Crippen LogP contribution in [0, 0.1) is 11.7 Å². The van der Waals surface area contributed by atoms with E-state index in [1.165, 1.54) is 0 Å². The van der Waals surface area contributed by atoms with Crippen LogP contribution in [0.3, 0.4) is 0 Å². The first-order chi connectivity index (χ1) is 8.43. The molecule has 0 heterocycles. The summed E-state index contributed by atoms with van der Waals surface area (Å²) in [6.07, 6.45) is -1.76. The van der Waals surface area contributed by atoms with Gasteiger partial charge >= 0.3 is 6.18 Å². The van der Waals surface area contributed by atoms with Gasteiger partial charge in [0.25, 0.3) is 0 Å². The first-order valence-corrected chi connectivity index (χ1v) is 5.76. The van der Waals surface area contributed by atoms with Crippen molar-refractivity contribution in [2.24, 2.45) is 11.8 Å². The van der Waals surface area contributed by atoms with Crippen LogP contribution in [0.15, 0.2) is 18.2 Å². The summed E-state index contributed by atoms with van der Waals surface area (Å²) in [5.74, 6) is 4.80. The summed E-state index contributed by atoms with van der Waals surface area (Å²) in [6, 6.07) is 1.88. The maximum absolute atomic E-state index is 13.7. The summed E-state index contributed by atoms with van der Waals surface area (Å²) in [7, 11) is 0. The van der Waals surface area contributed by atoms with Crippen molar-refractivity contribution < 1.29 is 17.6 Å². The van der Waals surface area contributed by atoms with Crippen LogP contribution in [0.5, 0.6) is 0 Å². The Balaban J connectivity index is 2.35. The Bertz CT molecular complexity index is 427. The zero-order chi connectivity index (χ0) is 13.3. The lowest BCUT2D eigenvalue weighted by Crippen LogP contribution is -2.37. The zero-order valence-corrected chi connectivity index (χ0v) is 9.60. The van der Waals surface area contributed by atoms with Crippen molar-refractivity contribution in [2.45, 2.75) is 31.5 Å². The van der Waals surface area contributed by atoms with E-state index >= 15 is 0 Å². The molecule has 1 fully saturated rings. The Morgan fingerprint density at radius 3 is 2.39 bits per heavy atom. The van der Waals surface area contributed by atoms with E-state index in [1.54, 1.807) is 0 Å². The number of halogens is 4. The number of hydrazine groups is 1. The van der Waals surface area contributed by atoms with Crippen molar-refractivity contribution in [3.8, 4) is 0 Å². The van der Waals surface area contributed by atoms with Gasteiger partial charge in [-0.3, -0.25) is 11.3 Å². The third-order valence-corrected chi connectivity index (χ3v) is 3.46. The minimum Gasteiger partial charge on any atom is -0.271 e. The molecule has 0 bridgehead atoms. The molecule has 100 valence electrons. The Labute approximate surface area is 102 Å². The molecule has 3 N–H and O–H groups in total. The molecule has 6 heteroatoms. The minimum absolute atomic E-state index is 0.00275. The molecule has 0 amide bonds. The summed E-state index contributed by atoms with van der Waals surface area (Å²) >= 11 is 0. The molecule has 1 aliphatic rings. The van der Waals surface area contributed by atoms with Crippen LogP contribution in [0.1, 0.15) is 36.4 Å². The van der Waals surface area contributed by atoms with Gasteiger partial charge in [-0.1, -0.05) is 6.42 Å². The Morgan fingerprint density at radius 1 is 1.28 bits per heavy atom. The number of hydrogen-bond acceptors (Lipinski definition) is 2. The fourth-order valence-electron chi connectivity index (χ4n) is 2.21. The maximum Gasteiger partial charge on any atom is 0.416 e. The quantitative estimate of drug-likeness (QED) is 0.499. The van der Waals surface area contributed by atoms with E-state index in [2.05, 4.69) is 5.43 Å². The highest BCUT2D eigenvalue weighted by Gasteiger charge is 2.34. The third kappa shape index (κ3) is 2.49. The molecule has 1 aromatic carbocycles. The fraction of sp³-hybridized carbons (Fsp3) is 0.500. The molecular formula is C12H14F4N2. The summed E-state index contributed by atoms with van der Waals surface area (Å²) in [4.78, 5) is 0. The largest absolute Gasteiger partial charge is 0.416 e. The number of alkyl halides is 3. The van der Waals surface area contributed by atoms with Gasteiger partial charge in [-0.2, -0.15) is 13.2 Å². The normalized spacial score (nSPS) is 18.5. The second-order valence-electron chi connectivity index (χ2n) is 4.57. The van der Waals surface area contributed by atoms with Crippen LogP contribution in [-0.4, -0.2) is 0 Å². The summed E-state index contributed by atoms with van der Waals surface area (Å²) in [5.41, 5.74) is 1.58. The van der Waals surface area contributed by atoms with Gasteiger partial charge in [0.2, 0.25) is 0 Å². The Hall–Kier alpha value is -1.14. The molecule has 1 aromatic rings. The highest BCUT2D eigenvalue weighted by molar-refractivity contribution is 5.30. The molecule has 2 nitrogen and oxygen atoms in total. The predicted octanol–water partition coefficient (Wildman–Crippen LogP) is 3.15. The van der Waals surface area contributed by atoms with Crippen LogP contribution in [0.25, 0.3) is 0 Å². The molecular weight excluding hydrogens is 248 g/mol. The fourth-order valence-corrected chi connectivity index (χ4v) is 2.21. The van der Waals surface area contributed by atoms with E-state index < -0.39 is 23.6 Å². The van der Waals surface area contributed by atoms with E-state index in [0.29, 0.717) is 0 Å². The van der Waals surface area contributed by atoms with Gasteiger partial charge in [0.1, 0.15) is 5.82 Å². The van der Waals surface area contributed by atoms with Crippen molar-refractivity contribution in [3.63, 3.8) is 0 Å². The first-order valence-electron chi connectivity index (χ1n) is 5.76. The van der Waals surface area contributed by atoms with Crippen molar-refractivity contribution in [2.75, 3.05) is 0 Å². The predicted molar refractivity (Wildman–Crippen MR) is 58.8 cm³/mol. The second kappa shape index (κ2) is 4.85. The lowest BCUT2D eigenvalue weighted by atomic mass is 9.77. The minimum atomic E-state index is -4.47. The van der Waals surface area contributed by atoms with Gasteiger partial charge in [0.15, 0.2) is 0 Å². The van der Waals surface area contributed by atoms with Crippen LogP contribution >= 0.6 is 0 Å². The van der Waals surface area contributed by atoms with Gasteiger partial charge < -0.3 is 0 Å². The topological polar surface area (TPSA) is 38.0 Å². The molecule has 2 rings (SSSR count). The van der Waals surface area contributed by atoms with Gasteiger partial charge in [0, 0.05) is 5.56 Å². The number of benzene rings is 1. The molecule has 1 saturated carbocycles. The molecule has 0 aromatic heterocycles. The van der Waals surface area contributed by atoms with E-state index in [0.717, 1.165) is 37.5 Å². The molecule has 18 heavy (non-hydrogen) atoms. The van der Waals surface area contributed by atoms with E-state index in [-0.39, 0.29) is 11.5 Å². The number of rotatable bonds is 3. The molecule has 1 unspecified atom stereocenters.